The van der Waals surface area contributed by atoms with Crippen LogP contribution < -0.4 is 51.1 Å². The van der Waals surface area contributed by atoms with Crippen molar-refractivity contribution < 1.29 is 179 Å². The molecule has 20 nitrogen and oxygen atoms in total. The predicted octanol–water partition coefficient (Wildman–Crippen LogP) is 9.98. The van der Waals surface area contributed by atoms with Crippen molar-refractivity contribution in [3.8, 4) is 0 Å². The molecule has 0 aliphatic carbocycles. The molecule has 0 unspecified atom stereocenters. The number of carboxylic acid groups (broad SMARTS) is 2. The molecule has 8 rings (SSSR count). The second kappa shape index (κ2) is 46.9. The molecule has 8 aromatic heterocycles. The Morgan fingerprint density at radius 1 is 0.278 bits per heavy atom. The number of alkyl halides is 4. The zero-order chi connectivity index (χ0) is 81.1. The van der Waals surface area contributed by atoms with Gasteiger partial charge in [-0.2, -0.15) is 0 Å². The molecule has 600 valence electrons. The Morgan fingerprint density at radius 3 is 0.407 bits per heavy atom. The van der Waals surface area contributed by atoms with Crippen LogP contribution in [0.2, 0.25) is 0 Å². The van der Waals surface area contributed by atoms with Crippen LogP contribution >= 0.6 is 62.0 Å². The van der Waals surface area contributed by atoms with Gasteiger partial charge in [-0.1, -0.05) is 174 Å². The first-order chi connectivity index (χ1) is 46.9. The van der Waals surface area contributed by atoms with E-state index in [2.05, 4.69) is 39.9 Å². The van der Waals surface area contributed by atoms with Crippen molar-refractivity contribution in [3.63, 3.8) is 0 Å². The summed E-state index contributed by atoms with van der Waals surface area (Å²) in [5.41, 5.74) is -9.20. The van der Waals surface area contributed by atoms with E-state index in [1.54, 1.807) is 195 Å². The molecule has 0 aliphatic rings. The maximum absolute atomic E-state index is 12.6. The number of rotatable bonds is 16. The van der Waals surface area contributed by atoms with Crippen molar-refractivity contribution in [1.82, 2.24) is 39.9 Å². The number of carbonyl (C=O) groups is 2. The van der Waals surface area contributed by atoms with Crippen LogP contribution in [0.25, 0.3) is 0 Å². The quantitative estimate of drug-likeness (QED) is 0.0375. The summed E-state index contributed by atoms with van der Waals surface area (Å²) in [6.45, 7) is 13.9. The van der Waals surface area contributed by atoms with Crippen LogP contribution in [0, 0.1) is 0 Å². The smallest absolute Gasteiger partial charge is 3.00 e. The Labute approximate surface area is 679 Å². The van der Waals surface area contributed by atoms with Crippen LogP contribution in [0.15, 0.2) is 195 Å². The number of nitrogens with zero attached hydrogens (tertiary/aromatic N) is 8. The SMILES string of the molecule is CC(=O)[O-].CC(=O)[O-].C[C@]([O-])(C[C@@](C)([O-])c1ccccn1)c1ccccn1.C[C@]([O-])(C[C@@](C)([O-])c1ccccn1)c1ccccn1.C[C@]([O-])(C[C@@](C)([O-])c1ccccn1)c1ccccn1.C[C@]([O-])(C[C@@](C)([O-])c1ccccn1)c1ccccn1.ClCCl.ClCCl.F[P-](F)(F)(F)(F)F.F[P-](F)(F)(F)(F)F.[Mn+3].[Mn+3].[Mn+3].[Mn+3]. The minimum atomic E-state index is -10.7. The van der Waals surface area contributed by atoms with Gasteiger partial charge in [0.25, 0.3) is 0 Å². The molecule has 0 fully saturated rings. The minimum Gasteiger partial charge on any atom is 3.00 e. The maximum Gasteiger partial charge on any atom is 3.00 e. The first kappa shape index (κ1) is 114. The molecule has 8 aromatic rings. The normalized spacial score (nSPS) is 16.1. The average Bonchev–Trinajstić information content (AvgIpc) is 0.796. The summed E-state index contributed by atoms with van der Waals surface area (Å²) in [5, 5.41) is 119. The molecule has 8 heterocycles. The summed E-state index contributed by atoms with van der Waals surface area (Å²) in [6.07, 6.45) is 12.1. The fourth-order valence-electron chi connectivity index (χ4n) is 8.70. The molecule has 108 heavy (non-hydrogen) atoms. The Kier molecular flexibility index (Phi) is 49.5. The summed E-state index contributed by atoms with van der Waals surface area (Å²) in [5.74, 6) is -2.17. The van der Waals surface area contributed by atoms with Crippen LogP contribution in [0.4, 0.5) is 50.4 Å². The predicted molar refractivity (Wildman–Crippen MR) is 353 cm³/mol. The van der Waals surface area contributed by atoms with E-state index in [0.29, 0.717) is 45.6 Å². The van der Waals surface area contributed by atoms with E-state index in [1.807, 2.05) is 0 Å². The van der Waals surface area contributed by atoms with Crippen LogP contribution in [-0.4, -0.2) is 62.5 Å². The molecule has 0 spiro atoms. The van der Waals surface area contributed by atoms with Crippen molar-refractivity contribution in [3.05, 3.63) is 241 Å². The van der Waals surface area contributed by atoms with Gasteiger partial charge in [-0.3, -0.25) is 39.9 Å². The molecular formula is C66H74Cl4F12Mn4N8O12P2. The van der Waals surface area contributed by atoms with Gasteiger partial charge in [0.2, 0.25) is 0 Å². The largest absolute Gasteiger partial charge is 3.00 e. The molecule has 0 radical (unpaired) electrons. The second-order valence-corrected chi connectivity index (χ2v) is 28.8. The molecule has 42 heteroatoms. The standard InChI is InChI=1S/4C15H16N2O2.2C2H4O2.2CH2Cl2.2F6P.4Mn/c4*1-14(18,12-7-3-5-9-16-12)11-15(2,19)13-8-4-6-10-17-13;2*1-2(3)4;2*2-1-3;2*1-7(2,3,4,5)6;;;;/h4*3-10H,11H2,1-2H3;2*1H3,(H,3,4);2*1H2;;;;;;/q4*-2;;;;;2*-1;4*+3/p-2/t4*14-,15+;;;;;;;;;;. The average molecular weight is 1820 g/mol. The topological polar surface area (TPSA) is 368 Å². The molecular weight excluding hydrogens is 1750 g/mol. The van der Waals surface area contributed by atoms with E-state index in [9.17, 15) is 91.2 Å². The van der Waals surface area contributed by atoms with Crippen LogP contribution in [0.3, 0.4) is 0 Å². The zero-order valence-corrected chi connectivity index (χ0v) is 68.2. The Morgan fingerprint density at radius 2 is 0.352 bits per heavy atom. The third-order valence-electron chi connectivity index (χ3n) is 12.4. The van der Waals surface area contributed by atoms with Crippen LogP contribution in [0.5, 0.6) is 0 Å². The number of carboxylic acids is 2. The van der Waals surface area contributed by atoms with E-state index in [0.717, 1.165) is 13.8 Å². The van der Waals surface area contributed by atoms with Gasteiger partial charge in [0.05, 0.1) is 10.7 Å². The van der Waals surface area contributed by atoms with E-state index in [-0.39, 0.29) is 105 Å². The van der Waals surface area contributed by atoms with Gasteiger partial charge in [0.15, 0.2) is 0 Å². The Bertz CT molecular complexity index is 3070. The fraction of sp³-hybridized carbons (Fsp3) is 0.364. The first-order valence-corrected chi connectivity index (χ1v) is 35.7. The molecule has 0 amide bonds. The van der Waals surface area contributed by atoms with E-state index in [4.69, 9.17) is 66.2 Å². The number of carbonyl (C=O) groups excluding carboxylic acids is 2. The molecule has 0 N–H and O–H groups in total. The van der Waals surface area contributed by atoms with Crippen LogP contribution in [0.1, 0.15) is 140 Å². The Hall–Kier alpha value is -4.92. The van der Waals surface area contributed by atoms with Gasteiger partial charge in [0.1, 0.15) is 0 Å². The molecule has 0 bridgehead atoms. The number of pyridine rings is 8. The summed E-state index contributed by atoms with van der Waals surface area (Å²) < 4.78 is 118. The summed E-state index contributed by atoms with van der Waals surface area (Å²) in [6, 6.07) is 41.2. The molecule has 0 aliphatic heterocycles. The second-order valence-electron chi connectivity index (χ2n) is 23.4. The molecule has 0 aromatic carbocycles. The van der Waals surface area contributed by atoms with Gasteiger partial charge in [0, 0.05) is 107 Å². The molecule has 0 saturated carbocycles. The third-order valence-corrected chi connectivity index (χ3v) is 12.4. The minimum absolute atomic E-state index is 0. The van der Waals surface area contributed by atoms with E-state index in [1.165, 1.54) is 55.4 Å². The van der Waals surface area contributed by atoms with Crippen molar-refractivity contribution in [2.24, 2.45) is 0 Å². The van der Waals surface area contributed by atoms with E-state index < -0.39 is 72.4 Å². The van der Waals surface area contributed by atoms with Crippen molar-refractivity contribution in [2.45, 2.75) is 140 Å². The molecule has 0 saturated heterocycles. The number of hydrogen-bond acceptors (Lipinski definition) is 20. The summed E-state index contributed by atoms with van der Waals surface area (Å²) >= 11 is 19.1. The first-order valence-electron chi connectivity index (χ1n) is 29.5. The van der Waals surface area contributed by atoms with E-state index >= 15 is 0 Å². The fourth-order valence-corrected chi connectivity index (χ4v) is 8.70. The number of aromatic nitrogens is 8. The van der Waals surface area contributed by atoms with Gasteiger partial charge >= 0.3 is 134 Å². The number of halogens is 16. The summed E-state index contributed by atoms with van der Waals surface area (Å²) in [4.78, 5) is 50.2. The number of aliphatic carboxylic acids is 2. The third kappa shape index (κ3) is 58.9. The van der Waals surface area contributed by atoms with Gasteiger partial charge in [-0.25, -0.2) is 0 Å². The van der Waals surface area contributed by atoms with Gasteiger partial charge in [-0.05, 0) is 111 Å². The maximum atomic E-state index is 12.6. The molecule has 8 atom stereocenters. The zero-order valence-electron chi connectivity index (χ0n) is 58.6. The summed E-state index contributed by atoms with van der Waals surface area (Å²) in [7, 11) is -21.3. The Balaban J connectivity index is -0.000000284. The van der Waals surface area contributed by atoms with Gasteiger partial charge < -0.3 is 60.7 Å². The van der Waals surface area contributed by atoms with Gasteiger partial charge in [-0.15, -0.1) is 46.4 Å². The van der Waals surface area contributed by atoms with Crippen molar-refractivity contribution >= 4 is 74.0 Å². The van der Waals surface area contributed by atoms with Crippen LogP contribution in [-0.2, 0) is 123 Å². The number of hydrogen-bond donors (Lipinski definition) is 0. The monoisotopic (exact) mass is 1820 g/mol. The van der Waals surface area contributed by atoms with Crippen molar-refractivity contribution in [1.29, 1.82) is 0 Å². The van der Waals surface area contributed by atoms with Crippen molar-refractivity contribution in [2.75, 3.05) is 10.7 Å².